The van der Waals surface area contributed by atoms with Crippen LogP contribution in [0.1, 0.15) is 11.1 Å². The van der Waals surface area contributed by atoms with Gasteiger partial charge in [-0.25, -0.2) is 0 Å². The van der Waals surface area contributed by atoms with E-state index in [0.717, 1.165) is 0 Å². The molecule has 0 unspecified atom stereocenters. The minimum atomic E-state index is -1.20. The van der Waals surface area contributed by atoms with E-state index in [1.165, 1.54) is 48.9 Å². The van der Waals surface area contributed by atoms with E-state index in [2.05, 4.69) is 87.8 Å². The van der Waals surface area contributed by atoms with Gasteiger partial charge in [0.2, 0.25) is 0 Å². The summed E-state index contributed by atoms with van der Waals surface area (Å²) in [5.74, 6) is 0. The van der Waals surface area contributed by atoms with E-state index in [9.17, 15) is 0 Å². The molecule has 0 atom stereocenters. The van der Waals surface area contributed by atoms with Crippen LogP contribution in [-0.4, -0.2) is 19.4 Å². The number of benzene rings is 2. The van der Waals surface area contributed by atoms with Crippen molar-refractivity contribution in [3.8, 4) is 0 Å². The topological polar surface area (TPSA) is 0 Å². The first-order valence-corrected chi connectivity index (χ1v) is 16.1. The molecule has 0 radical (unpaired) electrons. The Bertz CT molecular complexity index is 597. The normalized spacial score (nSPS) is 12.4. The summed E-state index contributed by atoms with van der Waals surface area (Å²) in [5, 5.41) is 3.07. The molecule has 2 aromatic rings. The van der Waals surface area contributed by atoms with Gasteiger partial charge in [-0.05, 0) is 0 Å². The van der Waals surface area contributed by atoms with Crippen LogP contribution in [0, 0.1) is 0 Å². The van der Waals surface area contributed by atoms with Gasteiger partial charge in [0.1, 0.15) is 0 Å². The minimum absolute atomic E-state index is 1.20. The van der Waals surface area contributed by atoms with Crippen molar-refractivity contribution in [2.45, 2.75) is 39.3 Å². The summed E-state index contributed by atoms with van der Waals surface area (Å²) >= 11 is 1.48. The van der Waals surface area contributed by atoms with Gasteiger partial charge < -0.3 is 0 Å². The number of hydrogen-bond acceptors (Lipinski definition) is 0. The summed E-state index contributed by atoms with van der Waals surface area (Å²) < 4.78 is 1.46. The van der Waals surface area contributed by atoms with Crippen LogP contribution in [0.15, 0.2) is 48.5 Å². The zero-order valence-electron chi connectivity index (χ0n) is 14.6. The van der Waals surface area contributed by atoms with Gasteiger partial charge in [-0.1, -0.05) is 0 Å². The molecule has 22 heavy (non-hydrogen) atoms. The number of rotatable bonds is 4. The quantitative estimate of drug-likeness (QED) is 0.682. The van der Waals surface area contributed by atoms with E-state index < -0.39 is 16.1 Å². The van der Waals surface area contributed by atoms with Crippen LogP contribution in [-0.2, 0) is 24.2 Å². The predicted octanol–water partition coefficient (Wildman–Crippen LogP) is 3.89. The van der Waals surface area contributed by atoms with Gasteiger partial charge >= 0.3 is 153 Å². The van der Waals surface area contributed by atoms with Gasteiger partial charge in [-0.2, -0.15) is 0 Å². The molecule has 0 saturated carbocycles. The van der Waals surface area contributed by atoms with Crippen molar-refractivity contribution in [2.75, 3.05) is 0 Å². The van der Waals surface area contributed by atoms with E-state index >= 15 is 0 Å². The van der Waals surface area contributed by atoms with Gasteiger partial charge in [0, 0.05) is 0 Å². The molecule has 0 bridgehead atoms. The molecule has 0 aliphatic rings. The molecule has 112 valence electrons. The molecular weight excluding hydrogens is 376 g/mol. The molecule has 0 fully saturated rings. The molecule has 0 aromatic heterocycles. The fourth-order valence-electron chi connectivity index (χ4n) is 2.44. The van der Waals surface area contributed by atoms with E-state index in [4.69, 9.17) is 0 Å². The Labute approximate surface area is 152 Å². The summed E-state index contributed by atoms with van der Waals surface area (Å²) in [6.07, 6.45) is 0. The Balaban J connectivity index is 2.25. The zero-order chi connectivity index (χ0) is 16.5. The molecule has 2 rings (SSSR count). The Morgan fingerprint density at radius 2 is 0.864 bits per heavy atom. The van der Waals surface area contributed by atoms with Crippen molar-refractivity contribution in [2.24, 2.45) is 0 Å². The molecule has 0 aliphatic heterocycles. The first-order valence-electron chi connectivity index (χ1n) is 7.89. The van der Waals surface area contributed by atoms with E-state index in [0.29, 0.717) is 0 Å². The molecule has 0 amide bonds. The van der Waals surface area contributed by atoms with E-state index in [1.807, 2.05) is 0 Å². The third-order valence-electron chi connectivity index (χ3n) is 4.08. The van der Waals surface area contributed by atoms with Crippen molar-refractivity contribution in [3.63, 3.8) is 0 Å². The van der Waals surface area contributed by atoms with Gasteiger partial charge in [0.15, 0.2) is 0 Å². The van der Waals surface area contributed by atoms with E-state index in [1.54, 1.807) is 0 Å². The molecular formula is C19H26Si2Zr+2. The monoisotopic (exact) mass is 400 g/mol. The summed E-state index contributed by atoms with van der Waals surface area (Å²) in [4.78, 5) is 0. The molecule has 0 saturated heterocycles. The van der Waals surface area contributed by atoms with Gasteiger partial charge in [-0.15, -0.1) is 0 Å². The van der Waals surface area contributed by atoms with Crippen molar-refractivity contribution in [1.29, 1.82) is 0 Å². The summed E-state index contributed by atoms with van der Waals surface area (Å²) in [6, 6.07) is 18.6. The third-order valence-corrected chi connectivity index (χ3v) is 9.63. The van der Waals surface area contributed by atoms with Crippen molar-refractivity contribution < 1.29 is 24.2 Å². The third kappa shape index (κ3) is 4.34. The predicted molar refractivity (Wildman–Crippen MR) is 102 cm³/mol. The van der Waals surface area contributed by atoms with Crippen LogP contribution in [0.5, 0.6) is 0 Å². The second-order valence-electron chi connectivity index (χ2n) is 8.03. The second kappa shape index (κ2) is 6.63. The summed E-state index contributed by atoms with van der Waals surface area (Å²) in [6.45, 7) is 14.4. The van der Waals surface area contributed by atoms with Gasteiger partial charge in [0.25, 0.3) is 0 Å². The average Bonchev–Trinajstić information content (AvgIpc) is 2.45. The first kappa shape index (κ1) is 18.0. The van der Waals surface area contributed by atoms with Crippen molar-refractivity contribution in [1.82, 2.24) is 0 Å². The van der Waals surface area contributed by atoms with Crippen LogP contribution in [0.2, 0.25) is 39.3 Å². The molecule has 0 aliphatic carbocycles. The van der Waals surface area contributed by atoms with Crippen LogP contribution < -0.4 is 10.4 Å². The molecule has 0 N–H and O–H groups in total. The second-order valence-corrected chi connectivity index (χ2v) is 19.4. The number of hydrogen-bond donors (Lipinski definition) is 0. The van der Waals surface area contributed by atoms with Gasteiger partial charge in [0.05, 0.1) is 0 Å². The first-order chi connectivity index (χ1) is 10.1. The summed E-state index contributed by atoms with van der Waals surface area (Å²) in [5.41, 5.74) is 2.75. The molecule has 0 spiro atoms. The fraction of sp³-hybridized carbons (Fsp3) is 0.316. The van der Waals surface area contributed by atoms with Crippen LogP contribution in [0.4, 0.5) is 0 Å². The Morgan fingerprint density at radius 3 is 1.09 bits per heavy atom. The zero-order valence-corrected chi connectivity index (χ0v) is 19.1. The molecule has 0 heterocycles. The maximum absolute atomic E-state index is 2.40. The van der Waals surface area contributed by atoms with Crippen LogP contribution in [0.25, 0.3) is 0 Å². The Kier molecular flexibility index (Phi) is 5.41. The standard InChI is InChI=1S/C19H26Si2.Zr/c1-20(2,3)18-11-7-16(8-12-18)15-17-9-13-19(14-10-17)21(4,5)6;/h7-14H,1-6H3;/q;+2. The van der Waals surface area contributed by atoms with Crippen LogP contribution >= 0.6 is 0 Å². The SMILES string of the molecule is C[Si](C)(C)c1ccc([C](=[Zr+2])c2ccc([Si](C)(C)C)cc2)cc1. The average molecular weight is 402 g/mol. The Hall–Kier alpha value is -0.373. The molecule has 0 nitrogen and oxygen atoms in total. The van der Waals surface area contributed by atoms with Crippen LogP contribution in [0.3, 0.4) is 0 Å². The molecule has 3 heteroatoms. The van der Waals surface area contributed by atoms with Crippen molar-refractivity contribution in [3.05, 3.63) is 59.7 Å². The van der Waals surface area contributed by atoms with Gasteiger partial charge in [-0.3, -0.25) is 0 Å². The van der Waals surface area contributed by atoms with E-state index in [-0.39, 0.29) is 0 Å². The maximum atomic E-state index is 2.40. The Morgan fingerprint density at radius 1 is 0.591 bits per heavy atom. The summed E-state index contributed by atoms with van der Waals surface area (Å²) in [7, 11) is -2.39. The van der Waals surface area contributed by atoms with Crippen molar-refractivity contribution >= 4 is 29.7 Å². The molecule has 2 aromatic carbocycles. The fourth-order valence-corrected chi connectivity index (χ4v) is 5.59.